The fourth-order valence-electron chi connectivity index (χ4n) is 0.509. The highest BCUT2D eigenvalue weighted by molar-refractivity contribution is 6.29. The van der Waals surface area contributed by atoms with Gasteiger partial charge in [0, 0.05) is 23.2 Å². The maximum atomic E-state index is 5.60. The number of hydrogen-bond acceptors (Lipinski definition) is 1. The molecule has 0 aromatic carbocycles. The number of halogens is 2. The molecule has 0 spiro atoms. The first-order chi connectivity index (χ1) is 5.13. The second-order valence-electron chi connectivity index (χ2n) is 2.24. The molecule has 0 aliphatic heterocycles. The van der Waals surface area contributed by atoms with Gasteiger partial charge in [0.05, 0.1) is 0 Å². The quantitative estimate of drug-likeness (QED) is 0.678. The molecule has 0 unspecified atom stereocenters. The third-order valence-corrected chi connectivity index (χ3v) is 1.36. The molecule has 0 bridgehead atoms. The minimum absolute atomic E-state index is 0.788. The lowest BCUT2D eigenvalue weighted by Crippen LogP contribution is -2.13. The third kappa shape index (κ3) is 10.0. The highest BCUT2D eigenvalue weighted by Crippen LogP contribution is 1.96. The number of nitrogens with one attached hydrogen (secondary N) is 1. The first-order valence-corrected chi connectivity index (χ1v) is 4.23. The van der Waals surface area contributed by atoms with Gasteiger partial charge in [0.15, 0.2) is 0 Å². The van der Waals surface area contributed by atoms with E-state index in [0.29, 0.717) is 0 Å². The summed E-state index contributed by atoms with van der Waals surface area (Å²) < 4.78 is 0. The summed E-state index contributed by atoms with van der Waals surface area (Å²) in [5.41, 5.74) is 0. The molecule has 0 saturated carbocycles. The van der Waals surface area contributed by atoms with Crippen LogP contribution in [0.15, 0.2) is 22.2 Å². The Bertz CT molecular complexity index is 135. The largest absolute Gasteiger partial charge is 0.310 e. The highest BCUT2D eigenvalue weighted by Gasteiger charge is 1.82. The van der Waals surface area contributed by atoms with Gasteiger partial charge in [-0.05, 0) is 13.8 Å². The average Bonchev–Trinajstić information content (AvgIpc) is 1.85. The monoisotopic (exact) mass is 193 g/mol. The highest BCUT2D eigenvalue weighted by atomic mass is 35.5. The predicted molar refractivity (Wildman–Crippen MR) is 52.1 cm³/mol. The van der Waals surface area contributed by atoms with Crippen LogP contribution in [-0.2, 0) is 0 Å². The lowest BCUT2D eigenvalue weighted by Gasteiger charge is -1.95. The van der Waals surface area contributed by atoms with Crippen LogP contribution in [0.4, 0.5) is 0 Å². The maximum Gasteiger partial charge on any atom is 0.0152 e. The van der Waals surface area contributed by atoms with Gasteiger partial charge in [0.1, 0.15) is 0 Å². The van der Waals surface area contributed by atoms with Crippen molar-refractivity contribution in [3.8, 4) is 0 Å². The maximum absolute atomic E-state index is 5.60. The summed E-state index contributed by atoms with van der Waals surface area (Å²) >= 11 is 11.2. The second-order valence-corrected chi connectivity index (χ2v) is 3.43. The fourth-order valence-corrected chi connectivity index (χ4v) is 0.663. The molecule has 3 heteroatoms. The van der Waals surface area contributed by atoms with E-state index in [4.69, 9.17) is 23.2 Å². The van der Waals surface area contributed by atoms with E-state index in [0.717, 1.165) is 23.2 Å². The molecule has 0 aliphatic rings. The first-order valence-electron chi connectivity index (χ1n) is 3.48. The van der Waals surface area contributed by atoms with Crippen molar-refractivity contribution >= 4 is 23.2 Å². The molecule has 0 radical (unpaired) electrons. The van der Waals surface area contributed by atoms with Crippen molar-refractivity contribution in [1.82, 2.24) is 5.32 Å². The lowest BCUT2D eigenvalue weighted by molar-refractivity contribution is 0.839. The molecule has 11 heavy (non-hydrogen) atoms. The van der Waals surface area contributed by atoms with Crippen LogP contribution < -0.4 is 5.32 Å². The average molecular weight is 194 g/mol. The molecule has 0 rings (SSSR count). The van der Waals surface area contributed by atoms with Crippen molar-refractivity contribution in [2.75, 3.05) is 13.1 Å². The number of hydrogen-bond donors (Lipinski definition) is 1. The van der Waals surface area contributed by atoms with E-state index in [2.05, 4.69) is 5.32 Å². The van der Waals surface area contributed by atoms with E-state index >= 15 is 0 Å². The summed E-state index contributed by atoms with van der Waals surface area (Å²) in [7, 11) is 0. The van der Waals surface area contributed by atoms with Crippen LogP contribution in [0.25, 0.3) is 0 Å². The Morgan fingerprint density at radius 3 is 1.73 bits per heavy atom. The van der Waals surface area contributed by atoms with Gasteiger partial charge in [0.25, 0.3) is 0 Å². The van der Waals surface area contributed by atoms with Crippen molar-refractivity contribution in [2.24, 2.45) is 0 Å². The fraction of sp³-hybridized carbons (Fsp3) is 0.500. The second kappa shape index (κ2) is 6.71. The van der Waals surface area contributed by atoms with Gasteiger partial charge >= 0.3 is 0 Å². The molecule has 0 amide bonds. The molecule has 1 N–H and O–H groups in total. The van der Waals surface area contributed by atoms with Gasteiger partial charge in [-0.3, -0.25) is 0 Å². The van der Waals surface area contributed by atoms with Crippen molar-refractivity contribution in [3.63, 3.8) is 0 Å². The van der Waals surface area contributed by atoms with Crippen molar-refractivity contribution in [3.05, 3.63) is 22.2 Å². The number of allylic oxidation sites excluding steroid dienone is 2. The minimum Gasteiger partial charge on any atom is -0.310 e. The Morgan fingerprint density at radius 2 is 1.45 bits per heavy atom. The van der Waals surface area contributed by atoms with Crippen LogP contribution in [0.3, 0.4) is 0 Å². The van der Waals surface area contributed by atoms with Crippen molar-refractivity contribution in [1.29, 1.82) is 0 Å². The van der Waals surface area contributed by atoms with Gasteiger partial charge in [0.2, 0.25) is 0 Å². The van der Waals surface area contributed by atoms with Crippen molar-refractivity contribution < 1.29 is 0 Å². The van der Waals surface area contributed by atoms with Gasteiger partial charge in [-0.1, -0.05) is 35.4 Å². The Hall–Kier alpha value is 0.0200. The smallest absolute Gasteiger partial charge is 0.0152 e. The Kier molecular flexibility index (Phi) is 6.73. The molecular weight excluding hydrogens is 181 g/mol. The molecule has 0 aliphatic carbocycles. The van der Waals surface area contributed by atoms with Gasteiger partial charge in [-0.2, -0.15) is 0 Å². The third-order valence-electron chi connectivity index (χ3n) is 1.06. The predicted octanol–water partition coefficient (Wildman–Crippen LogP) is 2.86. The SMILES string of the molecule is C/C(Cl)=C/CNC/C=C(\C)Cl. The van der Waals surface area contributed by atoms with Gasteiger partial charge in [-0.15, -0.1) is 0 Å². The van der Waals surface area contributed by atoms with Gasteiger partial charge < -0.3 is 5.32 Å². The summed E-state index contributed by atoms with van der Waals surface area (Å²) in [4.78, 5) is 0. The summed E-state index contributed by atoms with van der Waals surface area (Å²) in [6.45, 7) is 5.28. The van der Waals surface area contributed by atoms with E-state index in [1.165, 1.54) is 0 Å². The number of rotatable bonds is 4. The Morgan fingerprint density at radius 1 is 1.09 bits per heavy atom. The van der Waals surface area contributed by atoms with Crippen LogP contribution in [0.2, 0.25) is 0 Å². The molecule has 0 heterocycles. The van der Waals surface area contributed by atoms with E-state index < -0.39 is 0 Å². The summed E-state index contributed by atoms with van der Waals surface area (Å²) in [5, 5.41) is 4.75. The summed E-state index contributed by atoms with van der Waals surface area (Å²) in [6.07, 6.45) is 3.83. The molecule has 0 fully saturated rings. The zero-order valence-corrected chi connectivity index (χ0v) is 8.34. The molecule has 0 aromatic heterocycles. The molecule has 64 valence electrons. The van der Waals surface area contributed by atoms with Crippen molar-refractivity contribution in [2.45, 2.75) is 13.8 Å². The zero-order chi connectivity index (χ0) is 8.69. The summed E-state index contributed by atoms with van der Waals surface area (Å²) in [5.74, 6) is 0. The van der Waals surface area contributed by atoms with Crippen LogP contribution >= 0.6 is 23.2 Å². The topological polar surface area (TPSA) is 12.0 Å². The van der Waals surface area contributed by atoms with Gasteiger partial charge in [-0.25, -0.2) is 0 Å². The van der Waals surface area contributed by atoms with Crippen LogP contribution in [-0.4, -0.2) is 13.1 Å². The standard InChI is InChI=1S/C8H13Cl2N/c1-7(9)3-5-11-6-4-8(2)10/h3-4,11H,5-6H2,1-2H3/b7-3-,8-4+. The van der Waals surface area contributed by atoms with Crippen LogP contribution in [0.1, 0.15) is 13.8 Å². The van der Waals surface area contributed by atoms with Crippen LogP contribution in [0.5, 0.6) is 0 Å². The Balaban J connectivity index is 3.29. The first kappa shape index (κ1) is 11.0. The van der Waals surface area contributed by atoms with E-state index in [9.17, 15) is 0 Å². The Labute approximate surface area is 78.1 Å². The zero-order valence-electron chi connectivity index (χ0n) is 6.82. The lowest BCUT2D eigenvalue weighted by atomic mass is 10.4. The van der Waals surface area contributed by atoms with E-state index in [1.54, 1.807) is 0 Å². The summed E-state index contributed by atoms with van der Waals surface area (Å²) in [6, 6.07) is 0. The molecule has 0 aromatic rings. The van der Waals surface area contributed by atoms with Crippen LogP contribution in [0, 0.1) is 0 Å². The molecule has 1 nitrogen and oxygen atoms in total. The van der Waals surface area contributed by atoms with E-state index in [-0.39, 0.29) is 0 Å². The molecule has 0 saturated heterocycles. The molecular formula is C8H13Cl2N. The normalized spacial score (nSPS) is 13.8. The minimum atomic E-state index is 0.788. The van der Waals surface area contributed by atoms with E-state index in [1.807, 2.05) is 26.0 Å². The molecule has 0 atom stereocenters.